The highest BCUT2D eigenvalue weighted by molar-refractivity contribution is 5.36. The first-order valence-electron chi connectivity index (χ1n) is 5.95. The van der Waals surface area contributed by atoms with Gasteiger partial charge in [0.25, 0.3) is 0 Å². The molecule has 2 aromatic carbocycles. The number of para-hydroxylation sites is 1. The molecule has 0 unspecified atom stereocenters. The monoisotopic (exact) mass is 255 g/mol. The summed E-state index contributed by atoms with van der Waals surface area (Å²) in [5.74, 6) is 5.57. The molecular weight excluding hydrogens is 241 g/mol. The largest absolute Gasteiger partial charge is 0.478 e. The molecule has 0 amide bonds. The fourth-order valence-corrected chi connectivity index (χ4v) is 1.64. The maximum atomic E-state index is 13.6. The van der Waals surface area contributed by atoms with Gasteiger partial charge < -0.3 is 10.5 Å². The molecule has 0 saturated carbocycles. The summed E-state index contributed by atoms with van der Waals surface area (Å²) in [6.45, 7) is 0.363. The Morgan fingerprint density at radius 2 is 1.84 bits per heavy atom. The highest BCUT2D eigenvalue weighted by Crippen LogP contribution is 2.21. The van der Waals surface area contributed by atoms with Gasteiger partial charge in [0.15, 0.2) is 11.6 Å². The number of halogens is 1. The van der Waals surface area contributed by atoms with E-state index >= 15 is 0 Å². The van der Waals surface area contributed by atoms with Crippen molar-refractivity contribution < 1.29 is 9.13 Å². The normalized spacial score (nSPS) is 9.58. The van der Waals surface area contributed by atoms with Gasteiger partial charge in [-0.25, -0.2) is 4.39 Å². The molecule has 2 aromatic rings. The molecule has 0 heterocycles. The Labute approximate surface area is 112 Å². The van der Waals surface area contributed by atoms with Crippen LogP contribution in [0.15, 0.2) is 48.5 Å². The van der Waals surface area contributed by atoms with Gasteiger partial charge in [0, 0.05) is 17.7 Å². The molecule has 0 aliphatic heterocycles. The highest BCUT2D eigenvalue weighted by atomic mass is 19.1. The number of ether oxygens (including phenoxy) is 1. The summed E-state index contributed by atoms with van der Waals surface area (Å²) < 4.78 is 18.9. The highest BCUT2D eigenvalue weighted by Gasteiger charge is 2.07. The third-order valence-electron chi connectivity index (χ3n) is 2.56. The van der Waals surface area contributed by atoms with E-state index in [1.807, 2.05) is 30.3 Å². The Hall–Kier alpha value is -2.31. The second-order valence-corrected chi connectivity index (χ2v) is 3.89. The molecule has 19 heavy (non-hydrogen) atoms. The molecule has 0 aromatic heterocycles. The molecule has 0 atom stereocenters. The van der Waals surface area contributed by atoms with Crippen LogP contribution in [0.2, 0.25) is 0 Å². The van der Waals surface area contributed by atoms with Crippen LogP contribution in [-0.2, 0) is 6.54 Å². The summed E-state index contributed by atoms with van der Waals surface area (Å²) in [4.78, 5) is 0. The van der Waals surface area contributed by atoms with E-state index in [9.17, 15) is 4.39 Å². The molecule has 0 aliphatic carbocycles. The van der Waals surface area contributed by atoms with E-state index in [1.54, 1.807) is 12.1 Å². The fraction of sp³-hybridized carbons (Fsp3) is 0.125. The number of hydrogen-bond acceptors (Lipinski definition) is 2. The average Bonchev–Trinajstić information content (AvgIpc) is 2.46. The lowest BCUT2D eigenvalue weighted by Crippen LogP contribution is -2.04. The lowest BCUT2D eigenvalue weighted by molar-refractivity contribution is 0.344. The molecule has 2 N–H and O–H groups in total. The quantitative estimate of drug-likeness (QED) is 0.856. The molecule has 3 heteroatoms. The van der Waals surface area contributed by atoms with Crippen molar-refractivity contribution in [2.24, 2.45) is 5.73 Å². The van der Waals surface area contributed by atoms with Crippen LogP contribution < -0.4 is 10.5 Å². The topological polar surface area (TPSA) is 35.2 Å². The van der Waals surface area contributed by atoms with E-state index in [-0.39, 0.29) is 18.9 Å². The van der Waals surface area contributed by atoms with E-state index in [2.05, 4.69) is 11.8 Å². The minimum absolute atomic E-state index is 0.128. The summed E-state index contributed by atoms with van der Waals surface area (Å²) in [6, 6.07) is 14.3. The van der Waals surface area contributed by atoms with Crippen molar-refractivity contribution in [3.63, 3.8) is 0 Å². The summed E-state index contributed by atoms with van der Waals surface area (Å²) in [5.41, 5.74) is 7.07. The third-order valence-corrected chi connectivity index (χ3v) is 2.56. The van der Waals surface area contributed by atoms with Gasteiger partial charge in [0.1, 0.15) is 6.61 Å². The van der Waals surface area contributed by atoms with E-state index in [1.165, 1.54) is 6.07 Å². The van der Waals surface area contributed by atoms with Crippen LogP contribution in [0.3, 0.4) is 0 Å². The average molecular weight is 255 g/mol. The molecule has 0 bridgehead atoms. The summed E-state index contributed by atoms with van der Waals surface area (Å²) >= 11 is 0. The molecule has 0 saturated heterocycles. The van der Waals surface area contributed by atoms with Crippen LogP contribution in [0, 0.1) is 17.7 Å². The van der Waals surface area contributed by atoms with Gasteiger partial charge >= 0.3 is 0 Å². The first kappa shape index (κ1) is 13.1. The van der Waals surface area contributed by atoms with Gasteiger partial charge in [-0.15, -0.1) is 0 Å². The van der Waals surface area contributed by atoms with Crippen LogP contribution in [0.4, 0.5) is 4.39 Å². The van der Waals surface area contributed by atoms with Crippen molar-refractivity contribution in [1.29, 1.82) is 0 Å². The Morgan fingerprint density at radius 3 is 2.58 bits per heavy atom. The van der Waals surface area contributed by atoms with Crippen molar-refractivity contribution in [3.8, 4) is 17.6 Å². The Balaban J connectivity index is 2.02. The van der Waals surface area contributed by atoms with E-state index in [4.69, 9.17) is 10.5 Å². The predicted octanol–water partition coefficient (Wildman–Crippen LogP) is 2.71. The molecular formula is C16H14FNO. The second-order valence-electron chi connectivity index (χ2n) is 3.89. The third kappa shape index (κ3) is 3.57. The van der Waals surface area contributed by atoms with Gasteiger partial charge in [-0.05, 0) is 18.2 Å². The smallest absolute Gasteiger partial charge is 0.165 e. The fourth-order valence-electron chi connectivity index (χ4n) is 1.64. The summed E-state index contributed by atoms with van der Waals surface area (Å²) in [6.07, 6.45) is 0. The van der Waals surface area contributed by atoms with E-state index in [0.717, 1.165) is 5.56 Å². The molecule has 0 aliphatic rings. The van der Waals surface area contributed by atoms with Gasteiger partial charge in [-0.3, -0.25) is 0 Å². The van der Waals surface area contributed by atoms with Gasteiger partial charge in [-0.1, -0.05) is 42.2 Å². The van der Waals surface area contributed by atoms with Crippen LogP contribution in [-0.4, -0.2) is 6.61 Å². The van der Waals surface area contributed by atoms with Crippen molar-refractivity contribution in [1.82, 2.24) is 0 Å². The standard InChI is InChI=1S/C16H14FNO/c17-15-10-4-9-14(12-18)16(15)19-11-5-8-13-6-2-1-3-7-13/h1-4,6-7,9-10H,11-12,18H2. The van der Waals surface area contributed by atoms with Crippen LogP contribution in [0.1, 0.15) is 11.1 Å². The van der Waals surface area contributed by atoms with Crippen LogP contribution in [0.5, 0.6) is 5.75 Å². The maximum absolute atomic E-state index is 13.6. The minimum Gasteiger partial charge on any atom is -0.478 e. The zero-order chi connectivity index (χ0) is 13.5. The first-order chi connectivity index (χ1) is 9.31. The SMILES string of the molecule is NCc1cccc(F)c1OCC#Cc1ccccc1. The molecule has 96 valence electrons. The van der Waals surface area contributed by atoms with Crippen LogP contribution >= 0.6 is 0 Å². The zero-order valence-electron chi connectivity index (χ0n) is 10.4. The Kier molecular flexibility index (Phi) is 4.54. The molecule has 0 spiro atoms. The van der Waals surface area contributed by atoms with Crippen LogP contribution in [0.25, 0.3) is 0 Å². The minimum atomic E-state index is -0.413. The second kappa shape index (κ2) is 6.58. The van der Waals surface area contributed by atoms with Crippen molar-refractivity contribution in [3.05, 3.63) is 65.5 Å². The number of rotatable bonds is 3. The van der Waals surface area contributed by atoms with E-state index in [0.29, 0.717) is 5.56 Å². The van der Waals surface area contributed by atoms with E-state index < -0.39 is 5.82 Å². The molecule has 0 fully saturated rings. The molecule has 0 radical (unpaired) electrons. The lowest BCUT2D eigenvalue weighted by atomic mass is 10.2. The summed E-state index contributed by atoms with van der Waals surface area (Å²) in [7, 11) is 0. The number of hydrogen-bond donors (Lipinski definition) is 1. The molecule has 2 rings (SSSR count). The van der Waals surface area contributed by atoms with Gasteiger partial charge in [-0.2, -0.15) is 0 Å². The lowest BCUT2D eigenvalue weighted by Gasteiger charge is -2.08. The summed E-state index contributed by atoms with van der Waals surface area (Å²) in [5, 5.41) is 0. The number of nitrogens with two attached hydrogens (primary N) is 1. The van der Waals surface area contributed by atoms with Crippen molar-refractivity contribution in [2.45, 2.75) is 6.54 Å². The van der Waals surface area contributed by atoms with Crippen molar-refractivity contribution >= 4 is 0 Å². The van der Waals surface area contributed by atoms with Crippen molar-refractivity contribution in [2.75, 3.05) is 6.61 Å². The first-order valence-corrected chi connectivity index (χ1v) is 5.95. The maximum Gasteiger partial charge on any atom is 0.165 e. The van der Waals surface area contributed by atoms with Gasteiger partial charge in [0.05, 0.1) is 0 Å². The Bertz CT molecular complexity index is 599. The predicted molar refractivity (Wildman–Crippen MR) is 73.1 cm³/mol. The van der Waals surface area contributed by atoms with Gasteiger partial charge in [0.2, 0.25) is 0 Å². The Morgan fingerprint density at radius 1 is 1.05 bits per heavy atom. The number of benzene rings is 2. The molecule has 2 nitrogen and oxygen atoms in total. The zero-order valence-corrected chi connectivity index (χ0v) is 10.4.